The Morgan fingerprint density at radius 3 is 2.71 bits per heavy atom. The van der Waals surface area contributed by atoms with Crippen LogP contribution in [-0.4, -0.2) is 28.9 Å². The quantitative estimate of drug-likeness (QED) is 0.764. The third-order valence-electron chi connectivity index (χ3n) is 3.31. The van der Waals surface area contributed by atoms with E-state index in [-0.39, 0.29) is 11.8 Å². The van der Waals surface area contributed by atoms with E-state index in [4.69, 9.17) is 5.11 Å². The second-order valence-corrected chi connectivity index (χ2v) is 5.59. The third-order valence-corrected chi connectivity index (χ3v) is 3.31. The maximum atomic E-state index is 12.1. The lowest BCUT2D eigenvalue weighted by atomic mass is 10.0. The van der Waals surface area contributed by atoms with E-state index >= 15 is 0 Å². The Kier molecular flexibility index (Phi) is 4.26. The van der Waals surface area contributed by atoms with Crippen LogP contribution in [0.3, 0.4) is 0 Å². The van der Waals surface area contributed by atoms with Crippen molar-refractivity contribution < 1.29 is 19.5 Å². The fourth-order valence-electron chi connectivity index (χ4n) is 2.29. The fraction of sp³-hybridized carbons (Fsp3) is 0.400. The van der Waals surface area contributed by atoms with Crippen molar-refractivity contribution in [3.63, 3.8) is 0 Å². The summed E-state index contributed by atoms with van der Waals surface area (Å²) in [5.41, 5.74) is 1.79. The zero-order valence-corrected chi connectivity index (χ0v) is 12.0. The zero-order chi connectivity index (χ0) is 15.6. The van der Waals surface area contributed by atoms with Crippen LogP contribution in [0.1, 0.15) is 36.2 Å². The van der Waals surface area contributed by atoms with Gasteiger partial charge in [0, 0.05) is 11.3 Å². The molecule has 2 rings (SSSR count). The third kappa shape index (κ3) is 3.59. The highest BCUT2D eigenvalue weighted by molar-refractivity contribution is 6.02. The molecule has 1 aliphatic rings. The standard InChI is InChI=1S/C15H18N2O4/c1-8(2)5-12(15(20)21)17-14(19)10-4-3-9-7-13(18)16-11(9)6-10/h3-4,6,8,12H,5,7H2,1-2H3,(H,16,18)(H,17,19)(H,20,21)/t12-/m1/s1. The molecule has 1 atom stereocenters. The summed E-state index contributed by atoms with van der Waals surface area (Å²) in [6, 6.07) is 3.97. The zero-order valence-electron chi connectivity index (χ0n) is 12.0. The molecule has 0 spiro atoms. The smallest absolute Gasteiger partial charge is 0.326 e. The molecule has 21 heavy (non-hydrogen) atoms. The molecule has 1 aromatic rings. The SMILES string of the molecule is CC(C)C[C@@H](NC(=O)c1ccc2c(c1)NC(=O)C2)C(=O)O. The van der Waals surface area contributed by atoms with Crippen LogP contribution in [0.2, 0.25) is 0 Å². The van der Waals surface area contributed by atoms with Gasteiger partial charge in [0.05, 0.1) is 6.42 Å². The predicted octanol–water partition coefficient (Wildman–Crippen LogP) is 1.41. The second-order valence-electron chi connectivity index (χ2n) is 5.59. The van der Waals surface area contributed by atoms with Crippen molar-refractivity contribution in [2.24, 2.45) is 5.92 Å². The van der Waals surface area contributed by atoms with Gasteiger partial charge in [-0.25, -0.2) is 4.79 Å². The summed E-state index contributed by atoms with van der Waals surface area (Å²) in [6.07, 6.45) is 0.672. The van der Waals surface area contributed by atoms with Gasteiger partial charge in [0.15, 0.2) is 0 Å². The molecule has 0 saturated heterocycles. The first-order valence-corrected chi connectivity index (χ1v) is 6.83. The Morgan fingerprint density at radius 2 is 2.10 bits per heavy atom. The number of fused-ring (bicyclic) bond motifs is 1. The average molecular weight is 290 g/mol. The maximum Gasteiger partial charge on any atom is 0.326 e. The number of benzene rings is 1. The number of rotatable bonds is 5. The number of carboxylic acids is 1. The molecule has 6 heteroatoms. The number of anilines is 1. The number of aliphatic carboxylic acids is 1. The Bertz CT molecular complexity index is 595. The summed E-state index contributed by atoms with van der Waals surface area (Å²) in [5, 5.41) is 14.3. The van der Waals surface area contributed by atoms with Crippen LogP contribution in [0.5, 0.6) is 0 Å². The van der Waals surface area contributed by atoms with Crippen molar-refractivity contribution >= 4 is 23.5 Å². The molecule has 2 amide bonds. The highest BCUT2D eigenvalue weighted by Gasteiger charge is 2.23. The van der Waals surface area contributed by atoms with Crippen molar-refractivity contribution in [1.29, 1.82) is 0 Å². The van der Waals surface area contributed by atoms with E-state index in [0.717, 1.165) is 5.56 Å². The molecule has 0 bridgehead atoms. The average Bonchev–Trinajstić information content (AvgIpc) is 2.76. The Labute approximate surface area is 122 Å². The summed E-state index contributed by atoms with van der Waals surface area (Å²) in [5.74, 6) is -1.45. The van der Waals surface area contributed by atoms with Gasteiger partial charge in [0.1, 0.15) is 6.04 Å². The first-order chi connectivity index (χ1) is 9.86. The van der Waals surface area contributed by atoms with E-state index in [1.54, 1.807) is 18.2 Å². The number of carbonyl (C=O) groups is 3. The van der Waals surface area contributed by atoms with Gasteiger partial charge in [0.2, 0.25) is 5.91 Å². The van der Waals surface area contributed by atoms with Gasteiger partial charge in [-0.1, -0.05) is 19.9 Å². The highest BCUT2D eigenvalue weighted by Crippen LogP contribution is 2.24. The molecule has 0 unspecified atom stereocenters. The fourth-order valence-corrected chi connectivity index (χ4v) is 2.29. The number of carbonyl (C=O) groups excluding carboxylic acids is 2. The predicted molar refractivity (Wildman–Crippen MR) is 77.1 cm³/mol. The number of nitrogens with one attached hydrogen (secondary N) is 2. The van der Waals surface area contributed by atoms with Crippen molar-refractivity contribution in [1.82, 2.24) is 5.32 Å². The van der Waals surface area contributed by atoms with E-state index < -0.39 is 17.9 Å². The van der Waals surface area contributed by atoms with E-state index in [1.807, 2.05) is 13.8 Å². The monoisotopic (exact) mass is 290 g/mol. The van der Waals surface area contributed by atoms with Crippen LogP contribution >= 0.6 is 0 Å². The number of hydrogen-bond donors (Lipinski definition) is 3. The molecule has 0 fully saturated rings. The molecule has 0 aliphatic carbocycles. The van der Waals surface area contributed by atoms with E-state index in [9.17, 15) is 14.4 Å². The van der Waals surface area contributed by atoms with Gasteiger partial charge < -0.3 is 15.7 Å². The molecule has 6 nitrogen and oxygen atoms in total. The molecule has 0 saturated carbocycles. The first-order valence-electron chi connectivity index (χ1n) is 6.83. The van der Waals surface area contributed by atoms with Gasteiger partial charge in [-0.15, -0.1) is 0 Å². The lowest BCUT2D eigenvalue weighted by Crippen LogP contribution is -2.41. The minimum atomic E-state index is -1.05. The maximum absolute atomic E-state index is 12.1. The summed E-state index contributed by atoms with van der Waals surface area (Å²) in [4.78, 5) is 34.6. The minimum Gasteiger partial charge on any atom is -0.480 e. The molecular weight excluding hydrogens is 272 g/mol. The molecule has 1 heterocycles. The van der Waals surface area contributed by atoms with Crippen molar-refractivity contribution in [3.05, 3.63) is 29.3 Å². The topological polar surface area (TPSA) is 95.5 Å². The largest absolute Gasteiger partial charge is 0.480 e. The van der Waals surface area contributed by atoms with Gasteiger partial charge >= 0.3 is 5.97 Å². The summed E-state index contributed by atoms with van der Waals surface area (Å²) < 4.78 is 0. The Balaban J connectivity index is 2.11. The molecule has 0 radical (unpaired) electrons. The van der Waals surface area contributed by atoms with Crippen molar-refractivity contribution in [3.8, 4) is 0 Å². The van der Waals surface area contributed by atoms with E-state index in [1.165, 1.54) is 0 Å². The number of hydrogen-bond acceptors (Lipinski definition) is 3. The molecular formula is C15H18N2O4. The van der Waals surface area contributed by atoms with Crippen LogP contribution in [0.25, 0.3) is 0 Å². The van der Waals surface area contributed by atoms with Crippen molar-refractivity contribution in [2.75, 3.05) is 5.32 Å². The summed E-state index contributed by atoms with van der Waals surface area (Å²) in [7, 11) is 0. The molecule has 1 aliphatic heterocycles. The number of amides is 2. The molecule has 112 valence electrons. The van der Waals surface area contributed by atoms with Crippen LogP contribution in [-0.2, 0) is 16.0 Å². The van der Waals surface area contributed by atoms with Gasteiger partial charge in [-0.2, -0.15) is 0 Å². The van der Waals surface area contributed by atoms with Crippen LogP contribution < -0.4 is 10.6 Å². The summed E-state index contributed by atoms with van der Waals surface area (Å²) >= 11 is 0. The lowest BCUT2D eigenvalue weighted by molar-refractivity contribution is -0.139. The van der Waals surface area contributed by atoms with Crippen LogP contribution in [0.15, 0.2) is 18.2 Å². The number of carboxylic acid groups (broad SMARTS) is 1. The lowest BCUT2D eigenvalue weighted by Gasteiger charge is -2.16. The van der Waals surface area contributed by atoms with Gasteiger partial charge in [-0.05, 0) is 30.0 Å². The van der Waals surface area contributed by atoms with Crippen molar-refractivity contribution in [2.45, 2.75) is 32.7 Å². The van der Waals surface area contributed by atoms with E-state index in [0.29, 0.717) is 24.1 Å². The Hall–Kier alpha value is -2.37. The van der Waals surface area contributed by atoms with E-state index in [2.05, 4.69) is 10.6 Å². The second kappa shape index (κ2) is 5.95. The Morgan fingerprint density at radius 1 is 1.38 bits per heavy atom. The van der Waals surface area contributed by atoms with Crippen LogP contribution in [0.4, 0.5) is 5.69 Å². The van der Waals surface area contributed by atoms with Crippen LogP contribution in [0, 0.1) is 5.92 Å². The normalized spacial score (nSPS) is 14.5. The van der Waals surface area contributed by atoms with Gasteiger partial charge in [-0.3, -0.25) is 9.59 Å². The molecule has 3 N–H and O–H groups in total. The molecule has 0 aromatic heterocycles. The summed E-state index contributed by atoms with van der Waals surface area (Å²) in [6.45, 7) is 3.79. The van der Waals surface area contributed by atoms with Gasteiger partial charge in [0.25, 0.3) is 5.91 Å². The first kappa shape index (κ1) is 15.0. The highest BCUT2D eigenvalue weighted by atomic mass is 16.4. The molecule has 1 aromatic carbocycles. The minimum absolute atomic E-state index is 0.106.